The second-order valence-electron chi connectivity index (χ2n) is 6.18. The van der Waals surface area contributed by atoms with Gasteiger partial charge < -0.3 is 4.74 Å². The number of anilines is 1. The summed E-state index contributed by atoms with van der Waals surface area (Å²) in [5.74, 6) is 0.933. The molecule has 1 aromatic heterocycles. The number of pyridine rings is 1. The Morgan fingerprint density at radius 2 is 1.77 bits per heavy atom. The zero-order valence-electron chi connectivity index (χ0n) is 13.2. The van der Waals surface area contributed by atoms with E-state index in [2.05, 4.69) is 23.7 Å². The molecule has 3 rings (SSSR count). The fourth-order valence-electron chi connectivity index (χ4n) is 3.21. The number of hydrogen-bond acceptors (Lipinski definition) is 4. The van der Waals surface area contributed by atoms with Crippen molar-refractivity contribution in [2.75, 3.05) is 31.1 Å². The Hall–Kier alpha value is -1.18. The smallest absolute Gasteiger partial charge is 0.274 e. The number of nitrogens with zero attached hydrogens (tertiary/aromatic N) is 2. The van der Waals surface area contributed by atoms with Crippen molar-refractivity contribution >= 4 is 15.8 Å². The lowest BCUT2D eigenvalue weighted by Gasteiger charge is -2.30. The van der Waals surface area contributed by atoms with Gasteiger partial charge in [0, 0.05) is 19.2 Å². The molecule has 0 spiro atoms. The number of H-pyrrole nitrogens is 1. The number of aromatic nitrogens is 1. The van der Waals surface area contributed by atoms with Crippen molar-refractivity contribution in [2.24, 2.45) is 0 Å². The summed E-state index contributed by atoms with van der Waals surface area (Å²) in [6.07, 6.45) is 3.85. The predicted molar refractivity (Wildman–Crippen MR) is 83.2 cm³/mol. The monoisotopic (exact) mass is 326 g/mol. The molecule has 3 heterocycles. The third kappa shape index (κ3) is 3.11. The van der Waals surface area contributed by atoms with E-state index >= 15 is 0 Å². The van der Waals surface area contributed by atoms with Crippen molar-refractivity contribution in [3.05, 3.63) is 18.3 Å². The summed E-state index contributed by atoms with van der Waals surface area (Å²) in [4.78, 5) is 5.68. The Morgan fingerprint density at radius 3 is 2.32 bits per heavy atom. The van der Waals surface area contributed by atoms with Crippen molar-refractivity contribution in [2.45, 2.75) is 43.8 Å². The molecule has 2 saturated heterocycles. The van der Waals surface area contributed by atoms with E-state index in [9.17, 15) is 8.42 Å². The van der Waals surface area contributed by atoms with Crippen molar-refractivity contribution in [1.29, 1.82) is 0 Å². The van der Waals surface area contributed by atoms with E-state index in [-0.39, 0.29) is 12.2 Å². The Morgan fingerprint density at radius 1 is 1.14 bits per heavy atom. The molecular formula is C15H24N3O3S+. The first-order valence-electron chi connectivity index (χ1n) is 7.89. The molecule has 0 saturated carbocycles. The number of aromatic amines is 1. The second kappa shape index (κ2) is 6.14. The predicted octanol–water partition coefficient (Wildman–Crippen LogP) is 0.899. The zero-order valence-corrected chi connectivity index (χ0v) is 14.0. The van der Waals surface area contributed by atoms with Gasteiger partial charge in [-0.25, -0.2) is 13.4 Å². The van der Waals surface area contributed by atoms with Crippen molar-refractivity contribution in [3.8, 4) is 0 Å². The molecule has 0 aliphatic carbocycles. The summed E-state index contributed by atoms with van der Waals surface area (Å²) in [7, 11) is -3.35. The Balaban J connectivity index is 1.78. The molecule has 2 fully saturated rings. The number of morpholine rings is 1. The highest BCUT2D eigenvalue weighted by molar-refractivity contribution is 7.89. The van der Waals surface area contributed by atoms with Crippen LogP contribution in [0.1, 0.15) is 26.7 Å². The van der Waals surface area contributed by atoms with Crippen LogP contribution in [-0.2, 0) is 14.8 Å². The summed E-state index contributed by atoms with van der Waals surface area (Å²) in [5, 5.41) is 0. The normalized spacial score (nSPS) is 27.3. The van der Waals surface area contributed by atoms with Gasteiger partial charge in [-0.3, -0.25) is 4.90 Å². The third-order valence-corrected chi connectivity index (χ3v) is 6.13. The first-order chi connectivity index (χ1) is 10.5. The minimum atomic E-state index is -3.35. The largest absolute Gasteiger partial charge is 0.367 e. The molecule has 2 aliphatic rings. The van der Waals surface area contributed by atoms with E-state index in [1.807, 2.05) is 6.07 Å². The molecule has 0 amide bonds. The Labute approximate surface area is 132 Å². The number of rotatable bonds is 3. The SMILES string of the molecule is C[C@@H]1CN(c2ccc(S(=O)(=O)N3CCCC3)c[nH+]2)C[C@H](C)O1. The highest BCUT2D eigenvalue weighted by atomic mass is 32.2. The van der Waals surface area contributed by atoms with E-state index in [1.165, 1.54) is 0 Å². The molecule has 1 aromatic rings. The first-order valence-corrected chi connectivity index (χ1v) is 9.33. The maximum Gasteiger partial charge on any atom is 0.274 e. The molecule has 7 heteroatoms. The van der Waals surface area contributed by atoms with E-state index in [0.29, 0.717) is 18.0 Å². The molecule has 0 unspecified atom stereocenters. The highest BCUT2D eigenvalue weighted by Crippen LogP contribution is 2.21. The van der Waals surface area contributed by atoms with Crippen LogP contribution in [0.3, 0.4) is 0 Å². The molecule has 0 aromatic carbocycles. The average Bonchev–Trinajstić information content (AvgIpc) is 3.01. The molecule has 6 nitrogen and oxygen atoms in total. The van der Waals surface area contributed by atoms with Crippen molar-refractivity contribution in [1.82, 2.24) is 4.31 Å². The van der Waals surface area contributed by atoms with Crippen molar-refractivity contribution in [3.63, 3.8) is 0 Å². The van der Waals surface area contributed by atoms with Crippen LogP contribution in [0.5, 0.6) is 0 Å². The van der Waals surface area contributed by atoms with E-state index in [0.717, 1.165) is 31.7 Å². The molecule has 2 aliphatic heterocycles. The van der Waals surface area contributed by atoms with Crippen LogP contribution >= 0.6 is 0 Å². The van der Waals surface area contributed by atoms with Gasteiger partial charge in [0.25, 0.3) is 5.82 Å². The maximum atomic E-state index is 12.5. The van der Waals surface area contributed by atoms with Gasteiger partial charge in [-0.2, -0.15) is 4.31 Å². The summed E-state index contributed by atoms with van der Waals surface area (Å²) >= 11 is 0. The van der Waals surface area contributed by atoms with Crippen LogP contribution in [0, 0.1) is 0 Å². The molecule has 122 valence electrons. The van der Waals surface area contributed by atoms with Gasteiger partial charge in [-0.05, 0) is 32.8 Å². The number of sulfonamides is 1. The lowest BCUT2D eigenvalue weighted by molar-refractivity contribution is -0.368. The second-order valence-corrected chi connectivity index (χ2v) is 8.12. The van der Waals surface area contributed by atoms with Crippen LogP contribution < -0.4 is 9.88 Å². The first kappa shape index (κ1) is 15.7. The third-order valence-electron chi connectivity index (χ3n) is 4.23. The van der Waals surface area contributed by atoms with E-state index < -0.39 is 10.0 Å². The Kier molecular flexibility index (Phi) is 4.38. The van der Waals surface area contributed by atoms with E-state index in [1.54, 1.807) is 16.6 Å². The zero-order chi connectivity index (χ0) is 15.7. The number of ether oxygens (including phenoxy) is 1. The molecule has 0 radical (unpaired) electrons. The minimum absolute atomic E-state index is 0.171. The summed E-state index contributed by atoms with van der Waals surface area (Å²) < 4.78 is 32.3. The summed E-state index contributed by atoms with van der Waals surface area (Å²) in [6, 6.07) is 3.55. The quantitative estimate of drug-likeness (QED) is 0.828. The lowest BCUT2D eigenvalue weighted by atomic mass is 10.2. The van der Waals surface area contributed by atoms with Gasteiger partial charge in [0.1, 0.15) is 24.2 Å². The van der Waals surface area contributed by atoms with Gasteiger partial charge >= 0.3 is 0 Å². The maximum absolute atomic E-state index is 12.5. The van der Waals surface area contributed by atoms with Crippen LogP contribution in [0.15, 0.2) is 23.2 Å². The van der Waals surface area contributed by atoms with Gasteiger partial charge in [0.15, 0.2) is 0 Å². The van der Waals surface area contributed by atoms with Crippen LogP contribution in [0.2, 0.25) is 0 Å². The average molecular weight is 326 g/mol. The van der Waals surface area contributed by atoms with Gasteiger partial charge in [0.05, 0.1) is 12.2 Å². The summed E-state index contributed by atoms with van der Waals surface area (Å²) in [6.45, 7) is 6.97. The summed E-state index contributed by atoms with van der Waals surface area (Å²) in [5.41, 5.74) is 0. The minimum Gasteiger partial charge on any atom is -0.367 e. The molecule has 1 N–H and O–H groups in total. The van der Waals surface area contributed by atoms with E-state index in [4.69, 9.17) is 4.74 Å². The molecule has 2 atom stereocenters. The number of hydrogen-bond donors (Lipinski definition) is 0. The lowest BCUT2D eigenvalue weighted by Crippen LogP contribution is -2.47. The van der Waals surface area contributed by atoms with Gasteiger partial charge in [-0.1, -0.05) is 0 Å². The molecule has 22 heavy (non-hydrogen) atoms. The van der Waals surface area contributed by atoms with Crippen LogP contribution in [0.4, 0.5) is 5.82 Å². The van der Waals surface area contributed by atoms with Crippen molar-refractivity contribution < 1.29 is 18.1 Å². The van der Waals surface area contributed by atoms with Crippen LogP contribution in [0.25, 0.3) is 0 Å². The topological polar surface area (TPSA) is 64.0 Å². The molecule has 0 bridgehead atoms. The van der Waals surface area contributed by atoms with Gasteiger partial charge in [-0.15, -0.1) is 0 Å². The highest BCUT2D eigenvalue weighted by Gasteiger charge is 2.31. The Bertz CT molecular complexity index is 601. The van der Waals surface area contributed by atoms with Crippen LogP contribution in [-0.4, -0.2) is 51.1 Å². The number of nitrogens with one attached hydrogen (secondary N) is 1. The fraction of sp³-hybridized carbons (Fsp3) is 0.667. The molecular weight excluding hydrogens is 302 g/mol. The van der Waals surface area contributed by atoms with Gasteiger partial charge in [0.2, 0.25) is 10.0 Å². The fourth-order valence-corrected chi connectivity index (χ4v) is 4.70. The standard InChI is InChI=1S/C15H23N3O3S/c1-12-10-17(11-13(2)21-12)15-6-5-14(9-16-15)22(19,20)18-7-3-4-8-18/h5-6,9,12-13H,3-4,7-8,10-11H2,1-2H3/p+1/t12-,13+.